The molecule has 0 aliphatic carbocycles. The maximum Gasteiger partial charge on any atom is 0.163 e. The Morgan fingerprint density at radius 2 is 1.82 bits per heavy atom. The number of fused-ring (bicyclic) bond motifs is 1. The fourth-order valence-electron chi connectivity index (χ4n) is 1.59. The minimum atomic E-state index is 0.472. The Kier molecular flexibility index (Phi) is 2.74. The molecular weight excluding hydrogens is 275 g/mol. The summed E-state index contributed by atoms with van der Waals surface area (Å²) in [6, 6.07) is 9.39. The summed E-state index contributed by atoms with van der Waals surface area (Å²) in [5.74, 6) is 0.562. The lowest BCUT2D eigenvalue weighted by molar-refractivity contribution is 1.23. The molecule has 5 heteroatoms. The molecule has 0 radical (unpaired) electrons. The molecule has 17 heavy (non-hydrogen) atoms. The van der Waals surface area contributed by atoms with Gasteiger partial charge in [0.2, 0.25) is 0 Å². The molecular formula is C12H6Cl2N2S. The second kappa shape index (κ2) is 4.26. The van der Waals surface area contributed by atoms with Gasteiger partial charge in [-0.1, -0.05) is 35.3 Å². The highest BCUT2D eigenvalue weighted by molar-refractivity contribution is 7.17. The zero-order valence-corrected chi connectivity index (χ0v) is 10.9. The third-order valence-corrected chi connectivity index (χ3v) is 4.00. The molecule has 3 rings (SSSR count). The quantitative estimate of drug-likeness (QED) is 0.606. The number of aromatic nitrogens is 2. The van der Waals surface area contributed by atoms with E-state index in [0.29, 0.717) is 16.0 Å². The molecule has 0 fully saturated rings. The number of hydrogen-bond donors (Lipinski definition) is 0. The largest absolute Gasteiger partial charge is 0.227 e. The van der Waals surface area contributed by atoms with Crippen LogP contribution in [0.25, 0.3) is 21.6 Å². The van der Waals surface area contributed by atoms with Crippen molar-refractivity contribution in [3.05, 3.63) is 45.9 Å². The second-order valence-corrected chi connectivity index (χ2v) is 5.13. The number of thiophene rings is 1. The number of rotatable bonds is 1. The first kappa shape index (κ1) is 11.0. The maximum absolute atomic E-state index is 6.12. The maximum atomic E-state index is 6.12. The zero-order valence-electron chi connectivity index (χ0n) is 8.52. The van der Waals surface area contributed by atoms with E-state index >= 15 is 0 Å². The van der Waals surface area contributed by atoms with Gasteiger partial charge in [-0.15, -0.1) is 11.3 Å². The Bertz CT molecular complexity index is 694. The molecule has 0 saturated carbocycles. The van der Waals surface area contributed by atoms with Gasteiger partial charge in [0, 0.05) is 5.56 Å². The highest BCUT2D eigenvalue weighted by Crippen LogP contribution is 2.31. The van der Waals surface area contributed by atoms with Gasteiger partial charge >= 0.3 is 0 Å². The first-order chi connectivity index (χ1) is 8.25. The predicted octanol–water partition coefficient (Wildman–Crippen LogP) is 4.67. The summed E-state index contributed by atoms with van der Waals surface area (Å²) in [6.45, 7) is 0. The summed E-state index contributed by atoms with van der Waals surface area (Å²) >= 11 is 13.8. The van der Waals surface area contributed by atoms with E-state index in [1.807, 2.05) is 35.7 Å². The molecule has 2 aromatic heterocycles. The van der Waals surface area contributed by atoms with Crippen LogP contribution in [0.2, 0.25) is 10.2 Å². The van der Waals surface area contributed by atoms with E-state index in [-0.39, 0.29) is 0 Å². The molecule has 0 spiro atoms. The molecule has 0 saturated heterocycles. The van der Waals surface area contributed by atoms with E-state index in [4.69, 9.17) is 23.2 Å². The molecule has 0 aliphatic rings. The Hall–Kier alpha value is -1.16. The summed E-state index contributed by atoms with van der Waals surface area (Å²) in [4.78, 5) is 8.74. The Balaban J connectivity index is 2.28. The SMILES string of the molecule is Clc1ccccc1-c1nc(Cl)c2sccc2n1. The van der Waals surface area contributed by atoms with Gasteiger partial charge in [0.1, 0.15) is 0 Å². The highest BCUT2D eigenvalue weighted by Gasteiger charge is 2.10. The van der Waals surface area contributed by atoms with Crippen LogP contribution in [0.4, 0.5) is 0 Å². The average molecular weight is 281 g/mol. The van der Waals surface area contributed by atoms with Gasteiger partial charge in [-0.2, -0.15) is 0 Å². The van der Waals surface area contributed by atoms with Crippen molar-refractivity contribution in [2.75, 3.05) is 0 Å². The molecule has 3 aromatic rings. The third kappa shape index (κ3) is 1.90. The van der Waals surface area contributed by atoms with Gasteiger partial charge < -0.3 is 0 Å². The molecule has 0 aliphatic heterocycles. The molecule has 1 aromatic carbocycles. The molecule has 84 valence electrons. The lowest BCUT2D eigenvalue weighted by atomic mass is 10.2. The monoisotopic (exact) mass is 280 g/mol. The third-order valence-electron chi connectivity index (χ3n) is 2.38. The number of halogens is 2. The lowest BCUT2D eigenvalue weighted by Crippen LogP contribution is -1.90. The van der Waals surface area contributed by atoms with Crippen molar-refractivity contribution in [2.24, 2.45) is 0 Å². The summed E-state index contributed by atoms with van der Waals surface area (Å²) in [6.07, 6.45) is 0. The van der Waals surface area contributed by atoms with Crippen LogP contribution >= 0.6 is 34.5 Å². The van der Waals surface area contributed by atoms with Crippen LogP contribution in [0.1, 0.15) is 0 Å². The minimum absolute atomic E-state index is 0.472. The minimum Gasteiger partial charge on any atom is -0.227 e. The molecule has 2 heterocycles. The van der Waals surface area contributed by atoms with Crippen LogP contribution in [0, 0.1) is 0 Å². The van der Waals surface area contributed by atoms with Crippen molar-refractivity contribution in [3.8, 4) is 11.4 Å². The first-order valence-electron chi connectivity index (χ1n) is 4.91. The molecule has 0 bridgehead atoms. The van der Waals surface area contributed by atoms with Crippen LogP contribution < -0.4 is 0 Å². The van der Waals surface area contributed by atoms with Crippen LogP contribution in [0.3, 0.4) is 0 Å². The van der Waals surface area contributed by atoms with Crippen molar-refractivity contribution in [1.82, 2.24) is 9.97 Å². The summed E-state index contributed by atoms with van der Waals surface area (Å²) < 4.78 is 0.905. The van der Waals surface area contributed by atoms with E-state index < -0.39 is 0 Å². The van der Waals surface area contributed by atoms with Crippen LogP contribution in [-0.4, -0.2) is 9.97 Å². The molecule has 0 amide bonds. The predicted molar refractivity (Wildman–Crippen MR) is 72.9 cm³/mol. The van der Waals surface area contributed by atoms with Crippen molar-refractivity contribution >= 4 is 44.8 Å². The molecule has 0 N–H and O–H groups in total. The smallest absolute Gasteiger partial charge is 0.163 e. The van der Waals surface area contributed by atoms with Crippen molar-refractivity contribution in [2.45, 2.75) is 0 Å². The first-order valence-corrected chi connectivity index (χ1v) is 6.55. The van der Waals surface area contributed by atoms with Crippen LogP contribution in [0.5, 0.6) is 0 Å². The van der Waals surface area contributed by atoms with E-state index in [0.717, 1.165) is 15.8 Å². The zero-order chi connectivity index (χ0) is 11.8. The standard InChI is InChI=1S/C12H6Cl2N2S/c13-8-4-2-1-3-7(8)12-15-9-5-6-17-10(9)11(14)16-12/h1-6H. The van der Waals surface area contributed by atoms with Gasteiger partial charge in [0.05, 0.1) is 15.2 Å². The van der Waals surface area contributed by atoms with Crippen molar-refractivity contribution in [3.63, 3.8) is 0 Å². The fourth-order valence-corrected chi connectivity index (χ4v) is 2.83. The van der Waals surface area contributed by atoms with E-state index in [1.54, 1.807) is 0 Å². The molecule has 0 unspecified atom stereocenters. The van der Waals surface area contributed by atoms with Gasteiger partial charge in [0.15, 0.2) is 11.0 Å². The van der Waals surface area contributed by atoms with Crippen LogP contribution in [0.15, 0.2) is 35.7 Å². The molecule has 2 nitrogen and oxygen atoms in total. The van der Waals surface area contributed by atoms with Crippen LogP contribution in [-0.2, 0) is 0 Å². The average Bonchev–Trinajstić information content (AvgIpc) is 2.78. The lowest BCUT2D eigenvalue weighted by Gasteiger charge is -2.03. The number of nitrogens with zero attached hydrogens (tertiary/aromatic N) is 2. The summed E-state index contributed by atoms with van der Waals surface area (Å²) in [5.41, 5.74) is 1.65. The number of hydrogen-bond acceptors (Lipinski definition) is 3. The Labute approximate surface area is 112 Å². The topological polar surface area (TPSA) is 25.8 Å². The second-order valence-electron chi connectivity index (χ2n) is 3.45. The van der Waals surface area contributed by atoms with E-state index in [9.17, 15) is 0 Å². The Morgan fingerprint density at radius 3 is 2.65 bits per heavy atom. The molecule has 0 atom stereocenters. The Morgan fingerprint density at radius 1 is 1.00 bits per heavy atom. The van der Waals surface area contributed by atoms with Gasteiger partial charge in [-0.3, -0.25) is 0 Å². The van der Waals surface area contributed by atoms with E-state index in [2.05, 4.69) is 9.97 Å². The summed E-state index contributed by atoms with van der Waals surface area (Å²) in [7, 11) is 0. The van der Waals surface area contributed by atoms with Gasteiger partial charge in [-0.05, 0) is 23.6 Å². The van der Waals surface area contributed by atoms with E-state index in [1.165, 1.54) is 11.3 Å². The normalized spacial score (nSPS) is 10.9. The fraction of sp³-hybridized carbons (Fsp3) is 0. The highest BCUT2D eigenvalue weighted by atomic mass is 35.5. The number of benzene rings is 1. The summed E-state index contributed by atoms with van der Waals surface area (Å²) in [5, 5.41) is 3.04. The van der Waals surface area contributed by atoms with Gasteiger partial charge in [0.25, 0.3) is 0 Å². The van der Waals surface area contributed by atoms with Gasteiger partial charge in [-0.25, -0.2) is 9.97 Å². The van der Waals surface area contributed by atoms with Crippen molar-refractivity contribution in [1.29, 1.82) is 0 Å². The van der Waals surface area contributed by atoms with Crippen molar-refractivity contribution < 1.29 is 0 Å².